The van der Waals surface area contributed by atoms with Crippen LogP contribution in [0, 0.1) is 0 Å². The van der Waals surface area contributed by atoms with E-state index in [1.54, 1.807) is 12.1 Å². The Labute approximate surface area is 210 Å². The second-order valence-electron chi connectivity index (χ2n) is 9.81. The number of imide groups is 1. The Morgan fingerprint density at radius 2 is 1.18 bits per heavy atom. The van der Waals surface area contributed by atoms with Crippen LogP contribution in [0.5, 0.6) is 0 Å². The summed E-state index contributed by atoms with van der Waals surface area (Å²) in [5.41, 5.74) is 3.08. The van der Waals surface area contributed by atoms with Crippen LogP contribution in [0.25, 0.3) is 0 Å². The van der Waals surface area contributed by atoms with Crippen LogP contribution in [-0.4, -0.2) is 39.7 Å². The van der Waals surface area contributed by atoms with E-state index in [2.05, 4.69) is 26.8 Å². The van der Waals surface area contributed by atoms with E-state index in [1.165, 1.54) is 56.7 Å². The predicted molar refractivity (Wildman–Crippen MR) is 142 cm³/mol. The van der Waals surface area contributed by atoms with E-state index in [-0.39, 0.29) is 11.8 Å². The molecule has 4 nitrogen and oxygen atoms in total. The Kier molecular flexibility index (Phi) is 10.6. The van der Waals surface area contributed by atoms with Gasteiger partial charge in [0.05, 0.1) is 0 Å². The summed E-state index contributed by atoms with van der Waals surface area (Å²) in [7, 11) is 0. The molecule has 1 aliphatic rings. The number of carbonyl (C=O) groups excluding carboxylic acids is 2. The van der Waals surface area contributed by atoms with E-state index in [4.69, 9.17) is 4.74 Å². The molecule has 3 rings (SSSR count). The van der Waals surface area contributed by atoms with Crippen molar-refractivity contribution in [1.29, 1.82) is 0 Å². The molecule has 0 spiro atoms. The Balaban J connectivity index is 1.69. The third-order valence-corrected chi connectivity index (χ3v) is 21.6. The first-order valence-corrected chi connectivity index (χ1v) is 21.2. The van der Waals surface area contributed by atoms with Crippen LogP contribution < -0.4 is 0 Å². The zero-order chi connectivity index (χ0) is 24.4. The molecule has 1 aliphatic heterocycles. The van der Waals surface area contributed by atoms with Crippen molar-refractivity contribution in [1.82, 2.24) is 4.90 Å². The molecule has 0 aromatic heterocycles. The van der Waals surface area contributed by atoms with Gasteiger partial charge in [-0.2, -0.15) is 0 Å². The number of ether oxygens (including phenoxy) is 1. The number of fused-ring (bicyclic) bond motifs is 1. The second kappa shape index (κ2) is 13.4. The fraction of sp³-hybridized carbons (Fsp3) is 0.517. The molecule has 5 heteroatoms. The fourth-order valence-corrected chi connectivity index (χ4v) is 19.4. The minimum atomic E-state index is -2.35. The average Bonchev–Trinajstić information content (AvgIpc) is 3.10. The summed E-state index contributed by atoms with van der Waals surface area (Å²) in [5, 5.41) is 0. The summed E-state index contributed by atoms with van der Waals surface area (Å²) in [6.45, 7) is 7.75. The molecule has 184 valence electrons. The third kappa shape index (κ3) is 6.72. The van der Waals surface area contributed by atoms with Crippen LogP contribution in [0.2, 0.25) is 13.3 Å². The summed E-state index contributed by atoms with van der Waals surface area (Å²) >= 11 is -2.35. The van der Waals surface area contributed by atoms with Gasteiger partial charge in [-0.15, -0.1) is 0 Å². The summed E-state index contributed by atoms with van der Waals surface area (Å²) in [4.78, 5) is 27.1. The normalized spacial score (nSPS) is 13.6. The number of hydrogen-bond donors (Lipinski definition) is 0. The predicted octanol–water partition coefficient (Wildman–Crippen LogP) is 7.39. The van der Waals surface area contributed by atoms with Gasteiger partial charge in [0, 0.05) is 0 Å². The van der Waals surface area contributed by atoms with Gasteiger partial charge in [-0.05, 0) is 0 Å². The quantitative estimate of drug-likeness (QED) is 0.166. The van der Waals surface area contributed by atoms with Crippen molar-refractivity contribution in [2.45, 2.75) is 85.8 Å². The number of benzene rings is 2. The van der Waals surface area contributed by atoms with Crippen molar-refractivity contribution in [3.63, 3.8) is 0 Å². The number of hydrogen-bond acceptors (Lipinski definition) is 3. The summed E-state index contributed by atoms with van der Waals surface area (Å²) in [6, 6.07) is 15.2. The molecule has 0 bridgehead atoms. The molecule has 1 heterocycles. The number of rotatable bonds is 15. The summed E-state index contributed by atoms with van der Waals surface area (Å²) in [5.74, 6) is -0.407. The van der Waals surface area contributed by atoms with E-state index >= 15 is 0 Å². The Morgan fingerprint density at radius 3 is 1.68 bits per heavy atom. The maximum atomic E-state index is 12.9. The van der Waals surface area contributed by atoms with Gasteiger partial charge in [0.2, 0.25) is 0 Å². The Morgan fingerprint density at radius 1 is 0.706 bits per heavy atom. The molecule has 0 saturated carbocycles. The van der Waals surface area contributed by atoms with Crippen LogP contribution in [0.4, 0.5) is 0 Å². The number of amides is 2. The van der Waals surface area contributed by atoms with Crippen molar-refractivity contribution in [2.24, 2.45) is 0 Å². The van der Waals surface area contributed by atoms with Crippen LogP contribution in [-0.2, 0) is 17.9 Å². The summed E-state index contributed by atoms with van der Waals surface area (Å²) in [6.07, 6.45) is 7.80. The standard InChI is InChI=1S/C17H14NO3.3C4H9.Sn/c1-21-11-13-7-3-2-6-12(13)10-18-16(19)14-8-4-5-9-15(14)17(18)20;3*1-3-4-2;/h2-9H,1,10-11H2;3*1,3-4H2,2H3;. The molecule has 0 fully saturated rings. The molecule has 0 aliphatic carbocycles. The molecule has 2 amide bonds. The van der Waals surface area contributed by atoms with Gasteiger partial charge in [0.1, 0.15) is 0 Å². The first-order chi connectivity index (χ1) is 16.5. The van der Waals surface area contributed by atoms with Crippen molar-refractivity contribution in [2.75, 3.05) is 4.62 Å². The van der Waals surface area contributed by atoms with Gasteiger partial charge in [-0.25, -0.2) is 0 Å². The molecular formula is C29H41NO3Sn. The Hall–Kier alpha value is -1.66. The second-order valence-corrected chi connectivity index (χ2v) is 23.5. The van der Waals surface area contributed by atoms with E-state index in [0.717, 1.165) is 15.7 Å². The van der Waals surface area contributed by atoms with Crippen LogP contribution in [0.3, 0.4) is 0 Å². The van der Waals surface area contributed by atoms with Gasteiger partial charge in [-0.1, -0.05) is 0 Å². The van der Waals surface area contributed by atoms with Crippen molar-refractivity contribution < 1.29 is 14.3 Å². The molecule has 0 unspecified atom stereocenters. The first-order valence-electron chi connectivity index (χ1n) is 13.1. The molecule has 34 heavy (non-hydrogen) atoms. The van der Waals surface area contributed by atoms with Crippen molar-refractivity contribution in [3.8, 4) is 0 Å². The van der Waals surface area contributed by atoms with Gasteiger partial charge >= 0.3 is 211 Å². The van der Waals surface area contributed by atoms with E-state index < -0.39 is 18.4 Å². The molecular weight excluding hydrogens is 529 g/mol. The zero-order valence-corrected chi connectivity index (χ0v) is 24.1. The molecule has 2 aromatic rings. The molecule has 2 aromatic carbocycles. The van der Waals surface area contributed by atoms with E-state index in [1.807, 2.05) is 30.3 Å². The van der Waals surface area contributed by atoms with E-state index in [0.29, 0.717) is 24.3 Å². The van der Waals surface area contributed by atoms with Gasteiger partial charge in [-0.3, -0.25) is 0 Å². The van der Waals surface area contributed by atoms with Gasteiger partial charge in [0.15, 0.2) is 0 Å². The molecule has 0 saturated heterocycles. The van der Waals surface area contributed by atoms with Gasteiger partial charge < -0.3 is 0 Å². The SMILES string of the molecule is CCC[CH2][Sn]([CH2]CCC)([CH2]CCC)[CH2]OCc1ccccc1CN1C(=O)c2ccccc2C1=O. The summed E-state index contributed by atoms with van der Waals surface area (Å²) < 4.78 is 11.8. The fourth-order valence-electron chi connectivity index (χ4n) is 5.03. The average molecular weight is 570 g/mol. The maximum absolute atomic E-state index is 12.9. The number of nitrogens with zero attached hydrogens (tertiary/aromatic N) is 1. The molecule has 0 radical (unpaired) electrons. The van der Waals surface area contributed by atoms with E-state index in [9.17, 15) is 9.59 Å². The van der Waals surface area contributed by atoms with Crippen LogP contribution >= 0.6 is 0 Å². The topological polar surface area (TPSA) is 46.6 Å². The zero-order valence-electron chi connectivity index (χ0n) is 21.3. The minimum absolute atomic E-state index is 0.203. The molecule has 0 atom stereocenters. The number of unbranched alkanes of at least 4 members (excludes halogenated alkanes) is 3. The van der Waals surface area contributed by atoms with Gasteiger partial charge in [0.25, 0.3) is 0 Å². The molecule has 0 N–H and O–H groups in total. The van der Waals surface area contributed by atoms with Crippen molar-refractivity contribution >= 4 is 30.2 Å². The van der Waals surface area contributed by atoms with Crippen LogP contribution in [0.15, 0.2) is 48.5 Å². The third-order valence-electron chi connectivity index (χ3n) is 7.17. The van der Waals surface area contributed by atoms with Crippen LogP contribution in [0.1, 0.15) is 91.1 Å². The number of carbonyl (C=O) groups is 2. The monoisotopic (exact) mass is 571 g/mol. The Bertz CT molecular complexity index is 901. The van der Waals surface area contributed by atoms with Crippen molar-refractivity contribution in [3.05, 3.63) is 70.8 Å². The first kappa shape index (κ1) is 26.9.